The number of fused-ring (bicyclic) bond motifs is 1. The predicted octanol–water partition coefficient (Wildman–Crippen LogP) is 1.91. The quantitative estimate of drug-likeness (QED) is 0.508. The molecule has 70 valence electrons. The molecule has 0 aromatic heterocycles. The van der Waals surface area contributed by atoms with Crippen molar-refractivity contribution in [3.8, 4) is 0 Å². The zero-order valence-corrected chi connectivity index (χ0v) is 9.09. The maximum absolute atomic E-state index is 2.54. The van der Waals surface area contributed by atoms with Crippen LogP contribution >= 0.6 is 0 Å². The van der Waals surface area contributed by atoms with Crippen molar-refractivity contribution in [1.29, 1.82) is 0 Å². The normalized spacial score (nSPS) is 28.2. The minimum atomic E-state index is 0.315. The molecule has 13 heavy (non-hydrogen) atoms. The van der Waals surface area contributed by atoms with Gasteiger partial charge in [-0.05, 0) is 32.3 Å². The van der Waals surface area contributed by atoms with Crippen LogP contribution < -0.4 is 0 Å². The second kappa shape index (κ2) is 2.75. The lowest BCUT2D eigenvalue weighted by Crippen LogP contribution is -2.40. The molecule has 0 saturated carbocycles. The van der Waals surface area contributed by atoms with Gasteiger partial charge < -0.3 is 4.81 Å². The number of allylic oxidation sites excluding steroid dienone is 2. The second-order valence-corrected chi connectivity index (χ2v) is 5.27. The van der Waals surface area contributed by atoms with E-state index in [0.29, 0.717) is 11.5 Å². The van der Waals surface area contributed by atoms with Crippen molar-refractivity contribution in [3.63, 3.8) is 0 Å². The second-order valence-electron chi connectivity index (χ2n) is 5.27. The maximum atomic E-state index is 2.54. The van der Waals surface area contributed by atoms with Crippen molar-refractivity contribution >= 4 is 7.41 Å². The Labute approximate surface area is 81.8 Å². The van der Waals surface area contributed by atoms with E-state index in [0.717, 1.165) is 14.0 Å². The fraction of sp³-hybridized carbons (Fsp3) is 0.636. The fourth-order valence-electron chi connectivity index (χ4n) is 2.15. The average Bonchev–Trinajstić information content (AvgIpc) is 2.40. The molecule has 0 amide bonds. The molecule has 2 rings (SSSR count). The zero-order valence-electron chi connectivity index (χ0n) is 9.09. The van der Waals surface area contributed by atoms with E-state index in [2.05, 4.69) is 44.7 Å². The van der Waals surface area contributed by atoms with Gasteiger partial charge in [0.25, 0.3) is 0 Å². The van der Waals surface area contributed by atoms with E-state index >= 15 is 0 Å². The Balaban J connectivity index is 2.15. The highest BCUT2D eigenvalue weighted by Gasteiger charge is 2.32. The van der Waals surface area contributed by atoms with Crippen LogP contribution in [0.3, 0.4) is 0 Å². The minimum Gasteiger partial charge on any atom is -0.332 e. The van der Waals surface area contributed by atoms with Crippen LogP contribution in [0.5, 0.6) is 0 Å². The molecule has 1 atom stereocenters. The molecule has 0 aromatic carbocycles. The summed E-state index contributed by atoms with van der Waals surface area (Å²) in [5.74, 6) is 0.673. The van der Waals surface area contributed by atoms with Gasteiger partial charge in [-0.25, -0.2) is 0 Å². The molecule has 1 saturated heterocycles. The van der Waals surface area contributed by atoms with E-state index in [1.54, 1.807) is 11.0 Å². The monoisotopic (exact) mass is 175 g/mol. The Hall–Kier alpha value is -0.495. The zero-order chi connectivity index (χ0) is 9.64. The fourth-order valence-corrected chi connectivity index (χ4v) is 2.15. The van der Waals surface area contributed by atoms with Gasteiger partial charge in [0.05, 0.1) is 0 Å². The number of nitrogens with zero attached hydrogens (tertiary/aromatic N) is 1. The molecule has 1 aliphatic carbocycles. The van der Waals surface area contributed by atoms with Crippen LogP contribution in [0.4, 0.5) is 0 Å². The molecule has 0 aromatic rings. The lowest BCUT2D eigenvalue weighted by molar-refractivity contribution is 0.282. The summed E-state index contributed by atoms with van der Waals surface area (Å²) in [7, 11) is 1.15. The molecule has 0 N–H and O–H groups in total. The van der Waals surface area contributed by atoms with Gasteiger partial charge in [-0.3, -0.25) is 0 Å². The highest BCUT2D eigenvalue weighted by atomic mass is 15.1. The smallest absolute Gasteiger partial charge is 0.239 e. The van der Waals surface area contributed by atoms with Crippen molar-refractivity contribution in [2.75, 3.05) is 6.54 Å². The van der Waals surface area contributed by atoms with Crippen molar-refractivity contribution in [1.82, 2.24) is 4.81 Å². The van der Waals surface area contributed by atoms with E-state index in [9.17, 15) is 0 Å². The SMILES string of the molecule is CC1C=C2BN(C(C)(C)C)CC2=C1. The van der Waals surface area contributed by atoms with Gasteiger partial charge in [0.1, 0.15) is 0 Å². The molecule has 1 heterocycles. The van der Waals surface area contributed by atoms with Crippen LogP contribution in [0, 0.1) is 5.92 Å². The molecule has 0 radical (unpaired) electrons. The molecule has 1 fully saturated rings. The third-order valence-electron chi connectivity index (χ3n) is 3.01. The van der Waals surface area contributed by atoms with Crippen molar-refractivity contribution in [2.45, 2.75) is 33.2 Å². The lowest BCUT2D eigenvalue weighted by Gasteiger charge is -2.31. The van der Waals surface area contributed by atoms with E-state index < -0.39 is 0 Å². The number of hydrogen-bond donors (Lipinski definition) is 0. The van der Waals surface area contributed by atoms with Gasteiger partial charge in [0.2, 0.25) is 7.41 Å². The molecule has 0 spiro atoms. The van der Waals surface area contributed by atoms with Crippen LogP contribution in [0.1, 0.15) is 27.7 Å². The summed E-state index contributed by atoms with van der Waals surface area (Å²) < 4.78 is 0. The predicted molar refractivity (Wildman–Crippen MR) is 58.9 cm³/mol. The molecule has 1 unspecified atom stereocenters. The Morgan fingerprint density at radius 2 is 2.08 bits per heavy atom. The van der Waals surface area contributed by atoms with Crippen LogP contribution in [0.15, 0.2) is 23.2 Å². The lowest BCUT2D eigenvalue weighted by atomic mass is 9.80. The molecule has 0 bridgehead atoms. The first kappa shape index (κ1) is 9.08. The molecule has 1 nitrogen and oxygen atoms in total. The van der Waals surface area contributed by atoms with Gasteiger partial charge in [-0.2, -0.15) is 0 Å². The number of rotatable bonds is 0. The number of hydrogen-bond acceptors (Lipinski definition) is 1. The minimum absolute atomic E-state index is 0.315. The molecular formula is C11H18BN. The summed E-state index contributed by atoms with van der Waals surface area (Å²) in [4.78, 5) is 2.54. The summed E-state index contributed by atoms with van der Waals surface area (Å²) in [5, 5.41) is 0. The van der Waals surface area contributed by atoms with Crippen molar-refractivity contribution in [2.24, 2.45) is 5.92 Å². The summed E-state index contributed by atoms with van der Waals surface area (Å²) in [6.45, 7) is 10.3. The topological polar surface area (TPSA) is 3.24 Å². The summed E-state index contributed by atoms with van der Waals surface area (Å²) in [6, 6.07) is 0. The van der Waals surface area contributed by atoms with Crippen LogP contribution in [0.2, 0.25) is 0 Å². The molecular weight excluding hydrogens is 157 g/mol. The first-order valence-electron chi connectivity index (χ1n) is 5.13. The van der Waals surface area contributed by atoms with Gasteiger partial charge in [-0.15, -0.1) is 0 Å². The maximum Gasteiger partial charge on any atom is 0.239 e. The van der Waals surface area contributed by atoms with Gasteiger partial charge in [0, 0.05) is 12.1 Å². The Bertz CT molecular complexity index is 261. The summed E-state index contributed by atoms with van der Waals surface area (Å²) in [5.41, 5.74) is 3.46. The van der Waals surface area contributed by atoms with E-state index in [1.165, 1.54) is 0 Å². The standard InChI is InChI=1S/C11H18BN/c1-8-5-9-7-13(11(2,3)4)12-10(9)6-8/h5-6,8,12H,7H2,1-4H3. The summed E-state index contributed by atoms with van der Waals surface area (Å²) >= 11 is 0. The van der Waals surface area contributed by atoms with Crippen LogP contribution in [-0.2, 0) is 0 Å². The van der Waals surface area contributed by atoms with Crippen molar-refractivity contribution in [3.05, 3.63) is 23.2 Å². The van der Waals surface area contributed by atoms with Crippen LogP contribution in [-0.4, -0.2) is 24.3 Å². The van der Waals surface area contributed by atoms with Gasteiger partial charge in [-0.1, -0.05) is 24.5 Å². The van der Waals surface area contributed by atoms with E-state index in [4.69, 9.17) is 0 Å². The van der Waals surface area contributed by atoms with E-state index in [-0.39, 0.29) is 0 Å². The molecule has 2 heteroatoms. The van der Waals surface area contributed by atoms with E-state index in [1.807, 2.05) is 0 Å². The largest absolute Gasteiger partial charge is 0.332 e. The third-order valence-corrected chi connectivity index (χ3v) is 3.01. The highest BCUT2D eigenvalue weighted by molar-refractivity contribution is 6.46. The Morgan fingerprint density at radius 3 is 2.62 bits per heavy atom. The Kier molecular flexibility index (Phi) is 1.92. The average molecular weight is 175 g/mol. The molecule has 2 aliphatic rings. The van der Waals surface area contributed by atoms with Crippen LogP contribution in [0.25, 0.3) is 0 Å². The van der Waals surface area contributed by atoms with Crippen molar-refractivity contribution < 1.29 is 0 Å². The van der Waals surface area contributed by atoms with Gasteiger partial charge in [0.15, 0.2) is 0 Å². The van der Waals surface area contributed by atoms with Gasteiger partial charge >= 0.3 is 0 Å². The molecule has 1 aliphatic heterocycles. The first-order valence-corrected chi connectivity index (χ1v) is 5.13. The first-order chi connectivity index (χ1) is 5.97. The Morgan fingerprint density at radius 1 is 1.38 bits per heavy atom. The highest BCUT2D eigenvalue weighted by Crippen LogP contribution is 2.32. The summed E-state index contributed by atoms with van der Waals surface area (Å²) in [6.07, 6.45) is 4.81. The third kappa shape index (κ3) is 1.60.